The van der Waals surface area contributed by atoms with Crippen molar-refractivity contribution >= 4 is 29.0 Å². The highest BCUT2D eigenvalue weighted by atomic mass is 16.5. The monoisotopic (exact) mass is 448 g/mol. The fraction of sp³-hybridized carbons (Fsp3) is 0.417. The Hall–Kier alpha value is -3.30. The Bertz CT molecular complexity index is 1150. The van der Waals surface area contributed by atoms with Gasteiger partial charge in [-0.1, -0.05) is 23.4 Å². The molecule has 2 unspecified atom stereocenters. The molecular weight excluding hydrogens is 420 g/mol. The highest BCUT2D eigenvalue weighted by Crippen LogP contribution is 2.30. The Labute approximate surface area is 192 Å². The molecule has 0 spiro atoms. The van der Waals surface area contributed by atoms with E-state index in [4.69, 9.17) is 29.6 Å². The van der Waals surface area contributed by atoms with Crippen molar-refractivity contribution in [1.82, 2.24) is 15.0 Å². The molecule has 0 radical (unpaired) electrons. The molecule has 2 atom stereocenters. The third-order valence-corrected chi connectivity index (χ3v) is 5.93. The predicted molar refractivity (Wildman–Crippen MR) is 127 cm³/mol. The van der Waals surface area contributed by atoms with E-state index >= 15 is 0 Å². The van der Waals surface area contributed by atoms with Crippen molar-refractivity contribution < 1.29 is 14.7 Å². The van der Waals surface area contributed by atoms with E-state index in [1.807, 2.05) is 36.4 Å². The summed E-state index contributed by atoms with van der Waals surface area (Å²) in [7, 11) is 0. The molecule has 0 amide bonds. The van der Waals surface area contributed by atoms with Gasteiger partial charge in [-0.3, -0.25) is 0 Å². The summed E-state index contributed by atoms with van der Waals surface area (Å²) in [5, 5.41) is 12.9. The molecule has 33 heavy (non-hydrogen) atoms. The van der Waals surface area contributed by atoms with Crippen molar-refractivity contribution in [2.75, 3.05) is 49.2 Å². The minimum atomic E-state index is 0.107. The second-order valence-corrected chi connectivity index (χ2v) is 8.55. The molecule has 5 rings (SSSR count). The standard InChI is InChI=1S/C24H28N6O3/c1-16-14-30(15-17(2)33-16)24-27-22-20(23(28-24)29-8-10-32-11-9-29)6-7-21(26-22)19-5-3-4-18(12-19)13-25-31/h3-7,12-13,16-17,31H,8-11,14-15H2,1-2H3/b25-13+. The summed E-state index contributed by atoms with van der Waals surface area (Å²) in [5.41, 5.74) is 3.19. The lowest BCUT2D eigenvalue weighted by Crippen LogP contribution is -2.46. The van der Waals surface area contributed by atoms with Crippen molar-refractivity contribution in [2.45, 2.75) is 26.1 Å². The molecule has 2 saturated heterocycles. The minimum absolute atomic E-state index is 0.107. The third kappa shape index (κ3) is 4.60. The zero-order chi connectivity index (χ0) is 22.8. The first kappa shape index (κ1) is 21.5. The lowest BCUT2D eigenvalue weighted by Gasteiger charge is -2.36. The van der Waals surface area contributed by atoms with Gasteiger partial charge in [-0.05, 0) is 37.6 Å². The zero-order valence-corrected chi connectivity index (χ0v) is 18.9. The van der Waals surface area contributed by atoms with Gasteiger partial charge in [0, 0.05) is 31.7 Å². The molecule has 4 heterocycles. The Morgan fingerprint density at radius 1 is 1.00 bits per heavy atom. The molecule has 0 bridgehead atoms. The number of nitrogens with zero attached hydrogens (tertiary/aromatic N) is 6. The second-order valence-electron chi connectivity index (χ2n) is 8.55. The van der Waals surface area contributed by atoms with Gasteiger partial charge in [0.1, 0.15) is 5.82 Å². The Morgan fingerprint density at radius 2 is 1.79 bits per heavy atom. The summed E-state index contributed by atoms with van der Waals surface area (Å²) in [6.07, 6.45) is 1.62. The van der Waals surface area contributed by atoms with Crippen LogP contribution >= 0.6 is 0 Å². The van der Waals surface area contributed by atoms with Gasteiger partial charge in [-0.25, -0.2) is 4.98 Å². The van der Waals surface area contributed by atoms with E-state index in [0.29, 0.717) is 24.8 Å². The van der Waals surface area contributed by atoms with E-state index < -0.39 is 0 Å². The summed E-state index contributed by atoms with van der Waals surface area (Å²) >= 11 is 0. The molecule has 9 nitrogen and oxygen atoms in total. The first-order valence-corrected chi connectivity index (χ1v) is 11.3. The minimum Gasteiger partial charge on any atom is -0.411 e. The average molecular weight is 449 g/mol. The molecule has 172 valence electrons. The molecule has 1 N–H and O–H groups in total. The molecule has 2 aliphatic heterocycles. The quantitative estimate of drug-likeness (QED) is 0.370. The number of aromatic nitrogens is 3. The molecule has 0 saturated carbocycles. The molecule has 3 aromatic rings. The number of pyridine rings is 1. The summed E-state index contributed by atoms with van der Waals surface area (Å²) in [4.78, 5) is 19.3. The molecule has 2 aromatic heterocycles. The van der Waals surface area contributed by atoms with Crippen LogP contribution in [0.1, 0.15) is 19.4 Å². The predicted octanol–water partition coefficient (Wildman–Crippen LogP) is 2.95. The number of oxime groups is 1. The van der Waals surface area contributed by atoms with Crippen LogP contribution in [0, 0.1) is 0 Å². The van der Waals surface area contributed by atoms with Gasteiger partial charge >= 0.3 is 0 Å². The maximum absolute atomic E-state index is 8.88. The van der Waals surface area contributed by atoms with E-state index in [1.54, 1.807) is 0 Å². The van der Waals surface area contributed by atoms with Crippen LogP contribution in [0.25, 0.3) is 22.3 Å². The van der Waals surface area contributed by atoms with E-state index in [2.05, 4.69) is 28.8 Å². The normalized spacial score (nSPS) is 21.8. The number of hydrogen-bond donors (Lipinski definition) is 1. The van der Waals surface area contributed by atoms with Crippen LogP contribution in [-0.4, -0.2) is 78.0 Å². The van der Waals surface area contributed by atoms with Crippen molar-refractivity contribution in [2.24, 2.45) is 5.16 Å². The van der Waals surface area contributed by atoms with E-state index in [0.717, 1.165) is 54.2 Å². The molecule has 2 fully saturated rings. The molecule has 9 heteroatoms. The fourth-order valence-electron chi connectivity index (χ4n) is 4.49. The Kier molecular flexibility index (Phi) is 6.06. The van der Waals surface area contributed by atoms with Gasteiger partial charge in [0.15, 0.2) is 5.65 Å². The van der Waals surface area contributed by atoms with Crippen LogP contribution in [0.3, 0.4) is 0 Å². The van der Waals surface area contributed by atoms with Gasteiger partial charge < -0.3 is 24.5 Å². The van der Waals surface area contributed by atoms with Crippen LogP contribution in [0.2, 0.25) is 0 Å². The van der Waals surface area contributed by atoms with Crippen LogP contribution < -0.4 is 9.80 Å². The fourth-order valence-corrected chi connectivity index (χ4v) is 4.49. The van der Waals surface area contributed by atoms with Crippen molar-refractivity contribution in [3.8, 4) is 11.3 Å². The number of benzene rings is 1. The van der Waals surface area contributed by atoms with Gasteiger partial charge in [0.25, 0.3) is 0 Å². The summed E-state index contributed by atoms with van der Waals surface area (Å²) in [6.45, 7) is 8.55. The summed E-state index contributed by atoms with van der Waals surface area (Å²) < 4.78 is 11.5. The van der Waals surface area contributed by atoms with Crippen molar-refractivity contribution in [1.29, 1.82) is 0 Å². The number of rotatable bonds is 4. The van der Waals surface area contributed by atoms with Crippen molar-refractivity contribution in [3.05, 3.63) is 42.0 Å². The molecule has 1 aromatic carbocycles. The first-order valence-electron chi connectivity index (χ1n) is 11.3. The summed E-state index contributed by atoms with van der Waals surface area (Å²) in [5.74, 6) is 1.57. The third-order valence-electron chi connectivity index (χ3n) is 5.93. The number of fused-ring (bicyclic) bond motifs is 1. The molecular formula is C24H28N6O3. The van der Waals surface area contributed by atoms with E-state index in [1.165, 1.54) is 6.21 Å². The lowest BCUT2D eigenvalue weighted by molar-refractivity contribution is -0.00570. The smallest absolute Gasteiger partial charge is 0.229 e. The van der Waals surface area contributed by atoms with E-state index in [-0.39, 0.29) is 12.2 Å². The van der Waals surface area contributed by atoms with Gasteiger partial charge in [0.2, 0.25) is 5.95 Å². The Morgan fingerprint density at radius 3 is 2.55 bits per heavy atom. The molecule has 2 aliphatic rings. The van der Waals surface area contributed by atoms with Crippen LogP contribution in [0.5, 0.6) is 0 Å². The molecule has 0 aliphatic carbocycles. The SMILES string of the molecule is CC1CN(c2nc(N3CCOCC3)c3ccc(-c4cccc(/C=N/O)c4)nc3n2)CC(C)O1. The maximum Gasteiger partial charge on any atom is 0.229 e. The number of anilines is 2. The zero-order valence-electron chi connectivity index (χ0n) is 18.9. The van der Waals surface area contributed by atoms with Gasteiger partial charge in [-0.2, -0.15) is 9.97 Å². The number of ether oxygens (including phenoxy) is 2. The average Bonchev–Trinajstić information content (AvgIpc) is 2.83. The Balaban J connectivity index is 1.61. The maximum atomic E-state index is 8.88. The van der Waals surface area contributed by atoms with Crippen molar-refractivity contribution in [3.63, 3.8) is 0 Å². The lowest BCUT2D eigenvalue weighted by atomic mass is 10.1. The van der Waals surface area contributed by atoms with E-state index in [9.17, 15) is 0 Å². The highest BCUT2D eigenvalue weighted by Gasteiger charge is 2.26. The van der Waals surface area contributed by atoms with Crippen LogP contribution in [0.15, 0.2) is 41.6 Å². The number of hydrogen-bond acceptors (Lipinski definition) is 9. The second kappa shape index (κ2) is 9.29. The van der Waals surface area contributed by atoms with Crippen LogP contribution in [-0.2, 0) is 9.47 Å². The topological polar surface area (TPSA) is 96.2 Å². The highest BCUT2D eigenvalue weighted by molar-refractivity contribution is 5.90. The van der Waals surface area contributed by atoms with Gasteiger partial charge in [-0.15, -0.1) is 0 Å². The summed E-state index contributed by atoms with van der Waals surface area (Å²) in [6, 6.07) is 11.7. The largest absolute Gasteiger partial charge is 0.411 e. The number of morpholine rings is 2. The van der Waals surface area contributed by atoms with Crippen LogP contribution in [0.4, 0.5) is 11.8 Å². The first-order chi connectivity index (χ1) is 16.1. The van der Waals surface area contributed by atoms with Gasteiger partial charge in [0.05, 0.1) is 42.7 Å².